The molecule has 1 rings (SSSR count). The van der Waals surface area contributed by atoms with Crippen LogP contribution in [0.15, 0.2) is 30.3 Å². The zero-order valence-corrected chi connectivity index (χ0v) is 9.86. The molecule has 0 saturated carbocycles. The number of hydrogen-bond donors (Lipinski definition) is 2. The number of methoxy groups -OCH3 is 1. The second-order valence-electron chi connectivity index (χ2n) is 3.88. The number of ether oxygens (including phenoxy) is 1. The minimum atomic E-state index is -0.280. The molecule has 0 spiro atoms. The maximum atomic E-state index is 9.71. The summed E-state index contributed by atoms with van der Waals surface area (Å²) in [5, 5.41) is 12.9. The third-order valence-electron chi connectivity index (χ3n) is 2.47. The molecule has 0 saturated heterocycles. The van der Waals surface area contributed by atoms with E-state index in [0.717, 1.165) is 19.4 Å². The smallest absolute Gasteiger partial charge is 0.0667 e. The molecule has 0 amide bonds. The van der Waals surface area contributed by atoms with Crippen LogP contribution >= 0.6 is 0 Å². The molecule has 90 valence electrons. The van der Waals surface area contributed by atoms with Crippen molar-refractivity contribution in [1.82, 2.24) is 5.32 Å². The molecule has 1 aromatic carbocycles. The van der Waals surface area contributed by atoms with Gasteiger partial charge in [-0.25, -0.2) is 0 Å². The molecular formula is C13H21NO2. The van der Waals surface area contributed by atoms with Crippen molar-refractivity contribution < 1.29 is 9.84 Å². The summed E-state index contributed by atoms with van der Waals surface area (Å²) in [6, 6.07) is 10.2. The fourth-order valence-corrected chi connectivity index (χ4v) is 1.52. The second kappa shape index (κ2) is 8.28. The first-order valence-corrected chi connectivity index (χ1v) is 5.74. The molecule has 16 heavy (non-hydrogen) atoms. The lowest BCUT2D eigenvalue weighted by atomic mass is 10.1. The number of aliphatic hydroxyl groups excluding tert-OH is 1. The highest BCUT2D eigenvalue weighted by Crippen LogP contribution is 2.04. The first-order chi connectivity index (χ1) is 7.83. The van der Waals surface area contributed by atoms with Crippen LogP contribution in [0.1, 0.15) is 12.0 Å². The Labute approximate surface area is 97.4 Å². The molecule has 1 aromatic rings. The molecule has 0 bridgehead atoms. The molecule has 0 aliphatic rings. The molecule has 0 aliphatic heterocycles. The number of aliphatic hydroxyl groups is 1. The third kappa shape index (κ3) is 5.85. The van der Waals surface area contributed by atoms with E-state index < -0.39 is 0 Å². The van der Waals surface area contributed by atoms with Crippen LogP contribution in [-0.2, 0) is 11.2 Å². The van der Waals surface area contributed by atoms with Crippen molar-refractivity contribution in [3.8, 4) is 0 Å². The van der Waals surface area contributed by atoms with Gasteiger partial charge in [-0.1, -0.05) is 30.3 Å². The van der Waals surface area contributed by atoms with Gasteiger partial charge in [-0.2, -0.15) is 0 Å². The normalized spacial score (nSPS) is 12.6. The summed E-state index contributed by atoms with van der Waals surface area (Å²) in [7, 11) is 1.67. The summed E-state index contributed by atoms with van der Waals surface area (Å²) >= 11 is 0. The van der Waals surface area contributed by atoms with Crippen molar-refractivity contribution in [2.45, 2.75) is 18.9 Å². The summed E-state index contributed by atoms with van der Waals surface area (Å²) in [5.74, 6) is 0. The highest BCUT2D eigenvalue weighted by Gasteiger charge is 2.03. The molecule has 0 unspecified atom stereocenters. The van der Waals surface area contributed by atoms with Gasteiger partial charge in [0.1, 0.15) is 0 Å². The first kappa shape index (κ1) is 13.2. The molecule has 0 radical (unpaired) electrons. The lowest BCUT2D eigenvalue weighted by Gasteiger charge is -2.11. The Morgan fingerprint density at radius 1 is 1.31 bits per heavy atom. The lowest BCUT2D eigenvalue weighted by molar-refractivity contribution is 0.152. The van der Waals surface area contributed by atoms with E-state index in [1.165, 1.54) is 5.56 Å². The summed E-state index contributed by atoms with van der Waals surface area (Å²) in [6.07, 6.45) is 1.44. The predicted molar refractivity (Wildman–Crippen MR) is 65.5 cm³/mol. The predicted octanol–water partition coefficient (Wildman–Crippen LogP) is 1.22. The Hall–Kier alpha value is -0.900. The summed E-state index contributed by atoms with van der Waals surface area (Å²) < 4.78 is 4.91. The number of benzene rings is 1. The van der Waals surface area contributed by atoms with Crippen LogP contribution in [0.3, 0.4) is 0 Å². The minimum absolute atomic E-state index is 0.280. The van der Waals surface area contributed by atoms with Gasteiger partial charge in [0.05, 0.1) is 12.7 Å². The van der Waals surface area contributed by atoms with Crippen LogP contribution in [0.2, 0.25) is 0 Å². The van der Waals surface area contributed by atoms with Gasteiger partial charge < -0.3 is 15.2 Å². The molecule has 3 nitrogen and oxygen atoms in total. The molecular weight excluding hydrogens is 202 g/mol. The Bertz CT molecular complexity index is 264. The molecule has 0 heterocycles. The fraction of sp³-hybridized carbons (Fsp3) is 0.538. The van der Waals surface area contributed by atoms with Crippen LogP contribution < -0.4 is 5.32 Å². The van der Waals surface area contributed by atoms with E-state index in [-0.39, 0.29) is 6.10 Å². The largest absolute Gasteiger partial charge is 0.392 e. The van der Waals surface area contributed by atoms with Gasteiger partial charge >= 0.3 is 0 Å². The van der Waals surface area contributed by atoms with Crippen LogP contribution in [0, 0.1) is 0 Å². The summed E-state index contributed by atoms with van der Waals surface area (Å²) in [4.78, 5) is 0. The first-order valence-electron chi connectivity index (χ1n) is 5.74. The average molecular weight is 223 g/mol. The molecule has 1 atom stereocenters. The van der Waals surface area contributed by atoms with E-state index in [9.17, 15) is 5.11 Å². The molecule has 0 aromatic heterocycles. The Morgan fingerprint density at radius 3 is 2.75 bits per heavy atom. The van der Waals surface area contributed by atoms with Crippen LogP contribution in [0.4, 0.5) is 0 Å². The monoisotopic (exact) mass is 223 g/mol. The van der Waals surface area contributed by atoms with E-state index in [1.807, 2.05) is 18.2 Å². The topological polar surface area (TPSA) is 41.5 Å². The quantitative estimate of drug-likeness (QED) is 0.651. The van der Waals surface area contributed by atoms with Crippen molar-refractivity contribution in [3.63, 3.8) is 0 Å². The van der Waals surface area contributed by atoms with E-state index >= 15 is 0 Å². The third-order valence-corrected chi connectivity index (χ3v) is 2.47. The van der Waals surface area contributed by atoms with Crippen LogP contribution in [-0.4, -0.2) is 38.0 Å². The summed E-state index contributed by atoms with van der Waals surface area (Å²) in [5.41, 5.74) is 1.28. The Balaban J connectivity index is 2.08. The maximum Gasteiger partial charge on any atom is 0.0667 e. The van der Waals surface area contributed by atoms with E-state index in [1.54, 1.807) is 7.11 Å². The second-order valence-corrected chi connectivity index (χ2v) is 3.88. The SMILES string of the molecule is COCCNC[C@H](O)CCc1ccccc1. The summed E-state index contributed by atoms with van der Waals surface area (Å²) in [6.45, 7) is 2.11. The van der Waals surface area contributed by atoms with Crippen molar-refractivity contribution in [1.29, 1.82) is 0 Å². The molecule has 3 heteroatoms. The van der Waals surface area contributed by atoms with Gasteiger partial charge in [-0.15, -0.1) is 0 Å². The van der Waals surface area contributed by atoms with Gasteiger partial charge in [-0.05, 0) is 18.4 Å². The number of nitrogens with one attached hydrogen (secondary N) is 1. The van der Waals surface area contributed by atoms with Crippen molar-refractivity contribution in [2.24, 2.45) is 0 Å². The van der Waals surface area contributed by atoms with E-state index in [0.29, 0.717) is 13.2 Å². The van der Waals surface area contributed by atoms with E-state index in [4.69, 9.17) is 4.74 Å². The maximum absolute atomic E-state index is 9.71. The van der Waals surface area contributed by atoms with Gasteiger partial charge in [0.25, 0.3) is 0 Å². The van der Waals surface area contributed by atoms with Crippen molar-refractivity contribution >= 4 is 0 Å². The standard InChI is InChI=1S/C13H21NO2/c1-16-10-9-14-11-13(15)8-7-12-5-3-2-4-6-12/h2-6,13-15H,7-11H2,1H3/t13-/m1/s1. The van der Waals surface area contributed by atoms with Crippen molar-refractivity contribution in [3.05, 3.63) is 35.9 Å². The number of rotatable bonds is 8. The fourth-order valence-electron chi connectivity index (χ4n) is 1.52. The van der Waals surface area contributed by atoms with Crippen molar-refractivity contribution in [2.75, 3.05) is 26.8 Å². The molecule has 0 aliphatic carbocycles. The van der Waals surface area contributed by atoms with Crippen LogP contribution in [0.5, 0.6) is 0 Å². The average Bonchev–Trinajstić information content (AvgIpc) is 2.33. The Kier molecular flexibility index (Phi) is 6.81. The van der Waals surface area contributed by atoms with Crippen LogP contribution in [0.25, 0.3) is 0 Å². The number of aryl methyl sites for hydroxylation is 1. The molecule has 0 fully saturated rings. The van der Waals surface area contributed by atoms with E-state index in [2.05, 4.69) is 17.4 Å². The number of hydrogen-bond acceptors (Lipinski definition) is 3. The highest BCUT2D eigenvalue weighted by atomic mass is 16.5. The lowest BCUT2D eigenvalue weighted by Crippen LogP contribution is -2.29. The zero-order valence-electron chi connectivity index (χ0n) is 9.86. The Morgan fingerprint density at radius 2 is 2.06 bits per heavy atom. The molecule has 2 N–H and O–H groups in total. The van der Waals surface area contributed by atoms with Gasteiger partial charge in [0, 0.05) is 20.2 Å². The highest BCUT2D eigenvalue weighted by molar-refractivity contribution is 5.14. The minimum Gasteiger partial charge on any atom is -0.392 e. The van der Waals surface area contributed by atoms with Gasteiger partial charge in [0.2, 0.25) is 0 Å². The van der Waals surface area contributed by atoms with Gasteiger partial charge in [0.15, 0.2) is 0 Å². The zero-order chi connectivity index (χ0) is 11.6. The van der Waals surface area contributed by atoms with Gasteiger partial charge in [-0.3, -0.25) is 0 Å².